The largest absolute Gasteiger partial charge is 0.416 e. The third-order valence-electron chi connectivity index (χ3n) is 2.10. The number of halogens is 4. The molecule has 0 aromatic heterocycles. The summed E-state index contributed by atoms with van der Waals surface area (Å²) < 4.78 is 38.2. The molecule has 0 amide bonds. The first-order valence-corrected chi connectivity index (χ1v) is 8.79. The van der Waals surface area contributed by atoms with Crippen molar-refractivity contribution < 1.29 is 13.2 Å². The summed E-state index contributed by atoms with van der Waals surface area (Å²) in [6, 6.07) is 3.85. The zero-order chi connectivity index (χ0) is 11.9. The second-order valence-electron chi connectivity index (χ2n) is 4.44. The first-order chi connectivity index (χ1) is 6.62. The van der Waals surface area contributed by atoms with E-state index in [1.165, 1.54) is 12.1 Å². The quantitative estimate of drug-likeness (QED) is 0.687. The minimum absolute atomic E-state index is 0.567. The summed E-state index contributed by atoms with van der Waals surface area (Å²) in [6.07, 6.45) is -4.25. The molecule has 0 unspecified atom stereocenters. The highest BCUT2D eigenvalue weighted by Crippen LogP contribution is 2.30. The summed E-state index contributed by atoms with van der Waals surface area (Å²) in [5.41, 5.74) is -0.567. The van der Waals surface area contributed by atoms with Gasteiger partial charge in [-0.1, -0.05) is 35.6 Å². The van der Waals surface area contributed by atoms with Crippen molar-refractivity contribution in [2.75, 3.05) is 0 Å². The summed E-state index contributed by atoms with van der Waals surface area (Å²) in [4.78, 5) is 0. The molecule has 0 radical (unpaired) electrons. The molecule has 0 spiro atoms. The topological polar surface area (TPSA) is 0 Å². The van der Waals surface area contributed by atoms with Crippen molar-refractivity contribution >= 4 is 29.2 Å². The normalized spacial score (nSPS) is 13.0. The molecular formula is C10H12BrF3Si. The zero-order valence-electron chi connectivity index (χ0n) is 8.74. The van der Waals surface area contributed by atoms with Crippen molar-refractivity contribution in [3.05, 3.63) is 28.2 Å². The molecule has 0 fully saturated rings. The van der Waals surface area contributed by atoms with Gasteiger partial charge in [0.1, 0.15) is 0 Å². The van der Waals surface area contributed by atoms with E-state index in [4.69, 9.17) is 0 Å². The minimum Gasteiger partial charge on any atom is -0.166 e. The zero-order valence-corrected chi connectivity index (χ0v) is 11.3. The monoisotopic (exact) mass is 296 g/mol. The van der Waals surface area contributed by atoms with E-state index < -0.39 is 19.8 Å². The van der Waals surface area contributed by atoms with Gasteiger partial charge in [-0.05, 0) is 23.4 Å². The number of hydrogen-bond acceptors (Lipinski definition) is 0. The molecule has 84 valence electrons. The van der Waals surface area contributed by atoms with Gasteiger partial charge in [0.05, 0.1) is 13.6 Å². The van der Waals surface area contributed by atoms with Crippen molar-refractivity contribution in [2.24, 2.45) is 0 Å². The molecule has 0 bridgehead atoms. The van der Waals surface area contributed by atoms with Crippen molar-refractivity contribution in [2.45, 2.75) is 25.8 Å². The smallest absolute Gasteiger partial charge is 0.166 e. The molecule has 0 aliphatic carbocycles. The maximum atomic E-state index is 12.5. The Hall–Kier alpha value is -0.293. The molecule has 0 saturated carbocycles. The molecule has 0 heterocycles. The van der Waals surface area contributed by atoms with Gasteiger partial charge in [0.2, 0.25) is 0 Å². The Morgan fingerprint density at radius 1 is 1.13 bits per heavy atom. The van der Waals surface area contributed by atoms with Gasteiger partial charge in [0, 0.05) is 4.47 Å². The Balaban J connectivity index is 3.30. The van der Waals surface area contributed by atoms with Gasteiger partial charge in [-0.15, -0.1) is 0 Å². The van der Waals surface area contributed by atoms with E-state index in [0.717, 1.165) is 15.7 Å². The molecule has 0 aliphatic heterocycles. The second-order valence-corrected chi connectivity index (χ2v) is 10.3. The van der Waals surface area contributed by atoms with Crippen LogP contribution in [-0.2, 0) is 6.18 Å². The lowest BCUT2D eigenvalue weighted by molar-refractivity contribution is -0.137. The highest BCUT2D eigenvalue weighted by atomic mass is 79.9. The lowest BCUT2D eigenvalue weighted by Gasteiger charge is -2.20. The van der Waals surface area contributed by atoms with E-state index in [0.29, 0.717) is 0 Å². The van der Waals surface area contributed by atoms with E-state index in [9.17, 15) is 13.2 Å². The van der Waals surface area contributed by atoms with Crippen molar-refractivity contribution in [3.8, 4) is 0 Å². The average Bonchev–Trinajstić information content (AvgIpc) is 2.00. The van der Waals surface area contributed by atoms with Crippen LogP contribution in [0.5, 0.6) is 0 Å². The molecule has 0 N–H and O–H groups in total. The number of benzene rings is 1. The fourth-order valence-electron chi connectivity index (χ4n) is 1.28. The van der Waals surface area contributed by atoms with Crippen LogP contribution in [0.1, 0.15) is 5.56 Å². The molecule has 15 heavy (non-hydrogen) atoms. The molecule has 1 aromatic rings. The molecule has 0 saturated heterocycles. The second kappa shape index (κ2) is 3.94. The molecule has 1 aromatic carbocycles. The molecular weight excluding hydrogens is 285 g/mol. The molecule has 0 atom stereocenters. The van der Waals surface area contributed by atoms with Crippen LogP contribution in [0.15, 0.2) is 22.7 Å². The van der Waals surface area contributed by atoms with Crippen LogP contribution in [0.2, 0.25) is 19.6 Å². The Kier molecular flexibility index (Phi) is 3.35. The van der Waals surface area contributed by atoms with Crippen molar-refractivity contribution in [3.63, 3.8) is 0 Å². The summed E-state index contributed by atoms with van der Waals surface area (Å²) in [7, 11) is -1.73. The maximum absolute atomic E-state index is 12.5. The lowest BCUT2D eigenvalue weighted by atomic mass is 10.2. The van der Waals surface area contributed by atoms with Crippen molar-refractivity contribution in [1.29, 1.82) is 0 Å². The Labute approximate surface area is 96.6 Å². The Morgan fingerprint density at radius 3 is 2.07 bits per heavy atom. The number of hydrogen-bond donors (Lipinski definition) is 0. The molecule has 1 rings (SSSR count). The van der Waals surface area contributed by atoms with Crippen LogP contribution in [-0.4, -0.2) is 8.07 Å². The SMILES string of the molecule is C[Si](C)(C)c1cc(C(F)(F)F)ccc1Br. The highest BCUT2D eigenvalue weighted by Gasteiger charge is 2.32. The predicted octanol–water partition coefficient (Wildman–Crippen LogP) is 4.01. The van der Waals surface area contributed by atoms with Crippen LogP contribution in [0.4, 0.5) is 13.2 Å². The van der Waals surface area contributed by atoms with Crippen LogP contribution in [0, 0.1) is 0 Å². The standard InChI is InChI=1S/C10H12BrF3Si/c1-15(2,3)9-6-7(10(12,13)14)4-5-8(9)11/h4-6H,1-3H3. The number of alkyl halides is 3. The predicted molar refractivity (Wildman–Crippen MR) is 62.1 cm³/mol. The van der Waals surface area contributed by atoms with Crippen molar-refractivity contribution in [1.82, 2.24) is 0 Å². The van der Waals surface area contributed by atoms with E-state index in [-0.39, 0.29) is 0 Å². The third kappa shape index (κ3) is 3.08. The van der Waals surface area contributed by atoms with E-state index in [2.05, 4.69) is 15.9 Å². The van der Waals surface area contributed by atoms with Gasteiger partial charge in [0.15, 0.2) is 0 Å². The van der Waals surface area contributed by atoms with Gasteiger partial charge in [-0.3, -0.25) is 0 Å². The fourth-order valence-corrected chi connectivity index (χ4v) is 4.70. The van der Waals surface area contributed by atoms with E-state index >= 15 is 0 Å². The van der Waals surface area contributed by atoms with Gasteiger partial charge >= 0.3 is 6.18 Å². The molecule has 5 heteroatoms. The lowest BCUT2D eigenvalue weighted by Crippen LogP contribution is -2.39. The Morgan fingerprint density at radius 2 is 1.67 bits per heavy atom. The van der Waals surface area contributed by atoms with Gasteiger partial charge < -0.3 is 0 Å². The summed E-state index contributed by atoms with van der Waals surface area (Å²) in [6.45, 7) is 6.06. The Bertz CT molecular complexity index is 366. The van der Waals surface area contributed by atoms with E-state index in [1.807, 2.05) is 19.6 Å². The molecule has 0 nitrogen and oxygen atoms in total. The fraction of sp³-hybridized carbons (Fsp3) is 0.400. The van der Waals surface area contributed by atoms with Gasteiger partial charge in [-0.25, -0.2) is 0 Å². The summed E-state index contributed by atoms with van der Waals surface area (Å²) in [5, 5.41) is 0.803. The van der Waals surface area contributed by atoms with Crippen LogP contribution >= 0.6 is 15.9 Å². The van der Waals surface area contributed by atoms with Crippen LogP contribution in [0.3, 0.4) is 0 Å². The third-order valence-corrected chi connectivity index (χ3v) is 5.19. The van der Waals surface area contributed by atoms with Crippen LogP contribution in [0.25, 0.3) is 0 Å². The summed E-state index contributed by atoms with van der Waals surface area (Å²) in [5.74, 6) is 0. The average molecular weight is 297 g/mol. The first-order valence-electron chi connectivity index (χ1n) is 4.49. The first kappa shape index (κ1) is 12.8. The van der Waals surface area contributed by atoms with Gasteiger partial charge in [-0.2, -0.15) is 13.2 Å². The van der Waals surface area contributed by atoms with Crippen LogP contribution < -0.4 is 5.19 Å². The highest BCUT2D eigenvalue weighted by molar-refractivity contribution is 9.10. The van der Waals surface area contributed by atoms with Gasteiger partial charge in [0.25, 0.3) is 0 Å². The maximum Gasteiger partial charge on any atom is 0.416 e. The van der Waals surface area contributed by atoms with E-state index in [1.54, 1.807) is 0 Å². The number of rotatable bonds is 1. The minimum atomic E-state index is -4.25. The summed E-state index contributed by atoms with van der Waals surface area (Å²) >= 11 is 3.30. The molecule has 0 aliphatic rings.